The molecule has 4 heteroatoms. The number of nitrogens with one attached hydrogen (secondary N) is 1. The molecule has 0 fully saturated rings. The third kappa shape index (κ3) is 3.51. The molecule has 1 N–H and O–H groups in total. The predicted octanol–water partition coefficient (Wildman–Crippen LogP) is 5.99. The summed E-state index contributed by atoms with van der Waals surface area (Å²) in [6.07, 6.45) is 2.57. The first-order valence-corrected chi connectivity index (χ1v) is 10.0. The zero-order valence-corrected chi connectivity index (χ0v) is 17.4. The molecule has 2 heterocycles. The summed E-state index contributed by atoms with van der Waals surface area (Å²) in [6.45, 7) is 8.70. The van der Waals surface area contributed by atoms with Crippen LogP contribution in [-0.2, 0) is 4.74 Å². The van der Waals surface area contributed by atoms with Gasteiger partial charge in [-0.3, -0.25) is 4.99 Å². The van der Waals surface area contributed by atoms with E-state index in [4.69, 9.17) is 9.73 Å². The van der Waals surface area contributed by atoms with Gasteiger partial charge in [0.25, 0.3) is 0 Å². The van der Waals surface area contributed by atoms with E-state index in [1.165, 1.54) is 10.8 Å². The molecule has 0 unspecified atom stereocenters. The zero-order valence-electron chi connectivity index (χ0n) is 17.4. The fourth-order valence-electron chi connectivity index (χ4n) is 3.85. The lowest BCUT2D eigenvalue weighted by Crippen LogP contribution is -2.15. The van der Waals surface area contributed by atoms with Crippen molar-refractivity contribution in [3.63, 3.8) is 0 Å². The largest absolute Gasteiger partial charge is 0.462 e. The van der Waals surface area contributed by atoms with E-state index < -0.39 is 0 Å². The number of aromatic nitrogens is 1. The van der Waals surface area contributed by atoms with E-state index in [9.17, 15) is 4.79 Å². The van der Waals surface area contributed by atoms with Gasteiger partial charge < -0.3 is 9.72 Å². The lowest BCUT2D eigenvalue weighted by molar-refractivity contribution is 0.0526. The highest BCUT2D eigenvalue weighted by molar-refractivity contribution is 6.01. The van der Waals surface area contributed by atoms with Crippen molar-refractivity contribution in [3.8, 4) is 0 Å². The molecular weight excluding hydrogens is 360 g/mol. The van der Waals surface area contributed by atoms with Gasteiger partial charge in [0.1, 0.15) is 0 Å². The third-order valence-corrected chi connectivity index (χ3v) is 5.70. The summed E-state index contributed by atoms with van der Waals surface area (Å²) in [6, 6.07) is 16.6. The van der Waals surface area contributed by atoms with Gasteiger partial charge in [0.2, 0.25) is 0 Å². The number of H-pyrrole nitrogens is 1. The minimum absolute atomic E-state index is 0.0156. The first-order chi connectivity index (χ1) is 13.9. The second-order valence-electron chi connectivity index (χ2n) is 8.13. The fraction of sp³-hybridized carbons (Fsp3) is 0.280. The van der Waals surface area contributed by atoms with Gasteiger partial charge >= 0.3 is 5.97 Å². The standard InChI is InChI=1S/C25H26N2O2/c1-5-29-24(28)18-13-21(26-15-18)23(22-14-25(3,4)16(2)27-22)20-12-8-10-17-9-6-7-11-19(17)20/h6-13,15,26H,5,14H2,1-4H3/b23-22-. The van der Waals surface area contributed by atoms with Crippen molar-refractivity contribution in [1.82, 2.24) is 4.98 Å². The van der Waals surface area contributed by atoms with Crippen molar-refractivity contribution in [3.05, 3.63) is 77.2 Å². The Bertz CT molecular complexity index is 1140. The van der Waals surface area contributed by atoms with Gasteiger partial charge in [-0.25, -0.2) is 4.79 Å². The van der Waals surface area contributed by atoms with Crippen LogP contribution in [0.4, 0.5) is 0 Å². The molecule has 3 aromatic rings. The number of aromatic amines is 1. The fourth-order valence-corrected chi connectivity index (χ4v) is 3.85. The van der Waals surface area contributed by atoms with Crippen LogP contribution >= 0.6 is 0 Å². The van der Waals surface area contributed by atoms with E-state index in [0.29, 0.717) is 12.2 Å². The summed E-state index contributed by atoms with van der Waals surface area (Å²) < 4.78 is 5.17. The molecule has 4 rings (SSSR count). The number of ether oxygens (including phenoxy) is 1. The highest BCUT2D eigenvalue weighted by Crippen LogP contribution is 2.42. The van der Waals surface area contributed by atoms with Gasteiger partial charge in [0, 0.05) is 35.0 Å². The summed E-state index contributed by atoms with van der Waals surface area (Å²) in [4.78, 5) is 20.5. The molecular formula is C25H26N2O2. The van der Waals surface area contributed by atoms with Gasteiger partial charge in [-0.05, 0) is 36.2 Å². The maximum Gasteiger partial charge on any atom is 0.339 e. The lowest BCUT2D eigenvalue weighted by atomic mass is 9.84. The van der Waals surface area contributed by atoms with Crippen LogP contribution in [0.1, 0.15) is 55.7 Å². The molecule has 0 aliphatic carbocycles. The second-order valence-corrected chi connectivity index (χ2v) is 8.13. The summed E-state index contributed by atoms with van der Waals surface area (Å²) in [5, 5.41) is 2.35. The quantitative estimate of drug-likeness (QED) is 0.560. The molecule has 0 saturated carbocycles. The van der Waals surface area contributed by atoms with Crippen LogP contribution < -0.4 is 0 Å². The van der Waals surface area contributed by atoms with Crippen molar-refractivity contribution < 1.29 is 9.53 Å². The maximum absolute atomic E-state index is 12.2. The number of aliphatic imine (C=N–C) groups is 1. The summed E-state index contributed by atoms with van der Waals surface area (Å²) >= 11 is 0. The Balaban J connectivity index is 1.94. The average Bonchev–Trinajstić information content (AvgIpc) is 3.27. The molecule has 0 radical (unpaired) electrons. The monoisotopic (exact) mass is 386 g/mol. The number of hydrogen-bond donors (Lipinski definition) is 1. The molecule has 0 atom stereocenters. The molecule has 4 nitrogen and oxygen atoms in total. The van der Waals surface area contributed by atoms with Crippen LogP contribution in [-0.4, -0.2) is 23.3 Å². The second kappa shape index (κ2) is 7.36. The van der Waals surface area contributed by atoms with Crippen LogP contribution in [0.25, 0.3) is 16.3 Å². The van der Waals surface area contributed by atoms with Crippen molar-refractivity contribution in [2.75, 3.05) is 6.61 Å². The number of fused-ring (bicyclic) bond motifs is 1. The van der Waals surface area contributed by atoms with Crippen molar-refractivity contribution in [2.45, 2.75) is 34.1 Å². The van der Waals surface area contributed by atoms with Crippen LogP contribution in [0.2, 0.25) is 0 Å². The summed E-state index contributed by atoms with van der Waals surface area (Å²) in [7, 11) is 0. The van der Waals surface area contributed by atoms with E-state index in [1.54, 1.807) is 6.20 Å². The first kappa shape index (κ1) is 19.2. The Morgan fingerprint density at radius 1 is 1.17 bits per heavy atom. The molecule has 0 saturated heterocycles. The van der Waals surface area contributed by atoms with Gasteiger partial charge in [-0.1, -0.05) is 56.3 Å². The lowest BCUT2D eigenvalue weighted by Gasteiger charge is -2.17. The van der Waals surface area contributed by atoms with Crippen LogP contribution in [0.15, 0.2) is 65.4 Å². The smallest absolute Gasteiger partial charge is 0.339 e. The van der Waals surface area contributed by atoms with Crippen molar-refractivity contribution >= 4 is 28.0 Å². The molecule has 29 heavy (non-hydrogen) atoms. The number of esters is 1. The van der Waals surface area contributed by atoms with Crippen LogP contribution in [0.5, 0.6) is 0 Å². The molecule has 2 aromatic carbocycles. The van der Waals surface area contributed by atoms with E-state index in [1.807, 2.05) is 19.1 Å². The van der Waals surface area contributed by atoms with Gasteiger partial charge in [-0.15, -0.1) is 0 Å². The maximum atomic E-state index is 12.2. The van der Waals surface area contributed by atoms with E-state index in [0.717, 1.165) is 34.7 Å². The van der Waals surface area contributed by atoms with Gasteiger partial charge in [-0.2, -0.15) is 0 Å². The van der Waals surface area contributed by atoms with Crippen molar-refractivity contribution in [1.29, 1.82) is 0 Å². The van der Waals surface area contributed by atoms with Gasteiger partial charge in [0.05, 0.1) is 17.9 Å². The normalized spacial score (nSPS) is 17.3. The number of nitrogens with zero attached hydrogens (tertiary/aromatic N) is 1. The molecule has 0 spiro atoms. The summed E-state index contributed by atoms with van der Waals surface area (Å²) in [5.74, 6) is -0.316. The van der Waals surface area contributed by atoms with E-state index >= 15 is 0 Å². The highest BCUT2D eigenvalue weighted by Gasteiger charge is 2.32. The minimum Gasteiger partial charge on any atom is -0.462 e. The van der Waals surface area contributed by atoms with Crippen LogP contribution in [0.3, 0.4) is 0 Å². The van der Waals surface area contributed by atoms with E-state index in [2.05, 4.69) is 62.2 Å². The van der Waals surface area contributed by atoms with Gasteiger partial charge in [0.15, 0.2) is 0 Å². The molecule has 148 valence electrons. The first-order valence-electron chi connectivity index (χ1n) is 10.0. The Kier molecular flexibility index (Phi) is 4.87. The zero-order chi connectivity index (χ0) is 20.6. The molecule has 1 aliphatic heterocycles. The summed E-state index contributed by atoms with van der Waals surface area (Å²) in [5.41, 5.74) is 5.75. The SMILES string of the molecule is CCOC(=O)c1c[nH]c(/C(=C2/CC(C)(C)C(C)=N2)c2cccc3ccccc23)c1. The number of hydrogen-bond acceptors (Lipinski definition) is 3. The molecule has 1 aromatic heterocycles. The number of allylic oxidation sites excluding steroid dienone is 1. The minimum atomic E-state index is -0.316. The topological polar surface area (TPSA) is 54.5 Å². The number of rotatable bonds is 4. The highest BCUT2D eigenvalue weighted by atomic mass is 16.5. The number of benzene rings is 2. The Morgan fingerprint density at radius 2 is 1.93 bits per heavy atom. The van der Waals surface area contributed by atoms with E-state index in [-0.39, 0.29) is 11.4 Å². The third-order valence-electron chi connectivity index (χ3n) is 5.70. The Labute approximate surface area is 171 Å². The number of carbonyl (C=O) groups is 1. The molecule has 0 bridgehead atoms. The van der Waals surface area contributed by atoms with Crippen molar-refractivity contribution in [2.24, 2.45) is 10.4 Å². The molecule has 0 amide bonds. The van der Waals surface area contributed by atoms with Crippen LogP contribution in [0, 0.1) is 5.41 Å². The predicted molar refractivity (Wildman–Crippen MR) is 118 cm³/mol. The average molecular weight is 386 g/mol. The number of carbonyl (C=O) groups excluding carboxylic acids is 1. The molecule has 1 aliphatic rings. The Hall–Kier alpha value is -3.14. The Morgan fingerprint density at radius 3 is 2.66 bits per heavy atom.